The number of pyridine rings is 1. The summed E-state index contributed by atoms with van der Waals surface area (Å²) in [5.41, 5.74) is 0.558. The van der Waals surface area contributed by atoms with E-state index in [2.05, 4.69) is 53.3 Å². The first kappa shape index (κ1) is 55.3. The van der Waals surface area contributed by atoms with Gasteiger partial charge in [-0.15, -0.1) is 0 Å². The molecule has 2 N–H and O–H groups in total. The van der Waals surface area contributed by atoms with E-state index in [0.717, 1.165) is 119 Å². The molecule has 0 spiro atoms. The highest BCUT2D eigenvalue weighted by Crippen LogP contribution is 2.47. The number of methoxy groups -OCH3 is 1. The van der Waals surface area contributed by atoms with Gasteiger partial charge in [-0.3, -0.25) is 24.5 Å². The molecule has 7 aliphatic heterocycles. The molecule has 0 saturated carbocycles. The third-order valence-corrected chi connectivity index (χ3v) is 17.6. The molecule has 2 aromatic carbocycles. The van der Waals surface area contributed by atoms with Gasteiger partial charge in [0.2, 0.25) is 11.8 Å². The number of phenols is 1. The van der Waals surface area contributed by atoms with Crippen LogP contribution in [0.3, 0.4) is 0 Å². The van der Waals surface area contributed by atoms with E-state index in [1.165, 1.54) is 32.1 Å². The second-order valence-electron chi connectivity index (χ2n) is 21.9. The molecule has 6 fully saturated rings. The normalized spacial score (nSPS) is 22.0. The Labute approximate surface area is 455 Å². The van der Waals surface area contributed by atoms with Crippen LogP contribution in [-0.4, -0.2) is 142 Å². The van der Waals surface area contributed by atoms with Crippen LogP contribution in [-0.2, 0) is 38.7 Å². The molecule has 0 radical (unpaired) electrons. The maximum Gasteiger partial charge on any atom is 0.418 e. The summed E-state index contributed by atoms with van der Waals surface area (Å²) in [5, 5.41) is 17.9. The monoisotopic (exact) mass is 1100 g/mol. The summed E-state index contributed by atoms with van der Waals surface area (Å²) in [7, 11) is 3.37. The fraction of sp³-hybridized carbons (Fsp3) is 0.589. The van der Waals surface area contributed by atoms with Gasteiger partial charge >= 0.3 is 18.3 Å². The first-order valence-corrected chi connectivity index (χ1v) is 27.6. The number of alkyl halides is 3. The second-order valence-corrected chi connectivity index (χ2v) is 22.3. The van der Waals surface area contributed by atoms with Crippen molar-refractivity contribution >= 4 is 62.8 Å². The number of phenolic OH excluding ortho intramolecular Hbond substituents is 1. The van der Waals surface area contributed by atoms with Crippen LogP contribution in [0.1, 0.15) is 114 Å². The van der Waals surface area contributed by atoms with Crippen molar-refractivity contribution in [1.29, 1.82) is 0 Å². The number of carbonyl (C=O) groups excluding carboxylic acids is 3. The number of likely N-dealkylation sites (tertiary alicyclic amines) is 1. The average Bonchev–Trinajstić information content (AvgIpc) is 4.03. The van der Waals surface area contributed by atoms with E-state index in [1.807, 2.05) is 16.6 Å². The van der Waals surface area contributed by atoms with E-state index in [1.54, 1.807) is 0 Å². The van der Waals surface area contributed by atoms with Gasteiger partial charge in [0.25, 0.3) is 0 Å². The SMILES string of the molecule is C.COC(=O)N1CCC(CC2CCN(c3ccc4c(C5CCC(=O)NC5=O)nn(C)c4c3)CC2)CC1.Oc1cc(Cl)c(C(F)(F)F)c(-c2nc3c4c(nc(OCC56CCCN5CCC6)nc4c2F)N2CCCOCC2CC3)c1. The van der Waals surface area contributed by atoms with Gasteiger partial charge in [0.05, 0.1) is 64.1 Å². The van der Waals surface area contributed by atoms with Crippen molar-refractivity contribution in [2.45, 2.75) is 121 Å². The smallest absolute Gasteiger partial charge is 0.418 e. The number of aromatic hydroxyl groups is 1. The molecule has 22 heteroatoms. The van der Waals surface area contributed by atoms with E-state index >= 15 is 4.39 Å². The first-order valence-electron chi connectivity index (χ1n) is 27.2. The number of nitrogens with zero attached hydrogens (tertiary/aromatic N) is 9. The van der Waals surface area contributed by atoms with Crippen LogP contribution in [0.5, 0.6) is 11.8 Å². The number of amides is 3. The summed E-state index contributed by atoms with van der Waals surface area (Å²) in [5.74, 6) is -0.534. The number of halogens is 5. The minimum Gasteiger partial charge on any atom is -0.508 e. The molecule has 7 aliphatic rings. The summed E-state index contributed by atoms with van der Waals surface area (Å²) in [6.07, 6.45) is 7.27. The zero-order valence-corrected chi connectivity index (χ0v) is 44.2. The first-order chi connectivity index (χ1) is 37.1. The Morgan fingerprint density at radius 2 is 1.65 bits per heavy atom. The molecule has 2 atom stereocenters. The highest BCUT2D eigenvalue weighted by Gasteiger charge is 2.46. The summed E-state index contributed by atoms with van der Waals surface area (Å²) in [6, 6.07) is 7.91. The third-order valence-electron chi connectivity index (χ3n) is 17.3. The van der Waals surface area contributed by atoms with Crippen LogP contribution < -0.4 is 19.9 Å². The number of nitrogens with one attached hydrogen (secondary N) is 1. The molecule has 10 heterocycles. The van der Waals surface area contributed by atoms with Gasteiger partial charge in [-0.05, 0) is 139 Å². The van der Waals surface area contributed by atoms with Gasteiger partial charge in [-0.1, -0.05) is 19.0 Å². The molecule has 3 aromatic heterocycles. The van der Waals surface area contributed by atoms with E-state index < -0.39 is 39.6 Å². The highest BCUT2D eigenvalue weighted by atomic mass is 35.5. The number of imide groups is 1. The lowest BCUT2D eigenvalue weighted by Gasteiger charge is -2.37. The lowest BCUT2D eigenvalue weighted by atomic mass is 9.83. The number of hydrogen-bond acceptors (Lipinski definition) is 14. The van der Waals surface area contributed by atoms with Crippen LogP contribution >= 0.6 is 11.6 Å². The number of fused-ring (bicyclic) bond motifs is 4. The summed E-state index contributed by atoms with van der Waals surface area (Å²) in [4.78, 5) is 58.1. The number of anilines is 2. The van der Waals surface area contributed by atoms with Gasteiger partial charge in [0.15, 0.2) is 5.82 Å². The molecular formula is C56H69ClF4N10O7. The lowest BCUT2D eigenvalue weighted by molar-refractivity contribution is -0.137. The van der Waals surface area contributed by atoms with Gasteiger partial charge in [0.1, 0.15) is 29.4 Å². The van der Waals surface area contributed by atoms with E-state index in [9.17, 15) is 32.7 Å². The summed E-state index contributed by atoms with van der Waals surface area (Å²) >= 11 is 5.95. The van der Waals surface area contributed by atoms with Crippen molar-refractivity contribution in [1.82, 2.24) is 39.8 Å². The predicted molar refractivity (Wildman–Crippen MR) is 286 cm³/mol. The molecule has 0 aliphatic carbocycles. The molecule has 78 heavy (non-hydrogen) atoms. The lowest BCUT2D eigenvalue weighted by Crippen LogP contribution is -2.43. The Kier molecular flexibility index (Phi) is 16.0. The Bertz CT molecular complexity index is 3060. The van der Waals surface area contributed by atoms with Crippen molar-refractivity contribution in [3.8, 4) is 23.0 Å². The highest BCUT2D eigenvalue weighted by molar-refractivity contribution is 6.32. The molecule has 420 valence electrons. The van der Waals surface area contributed by atoms with E-state index in [4.69, 9.17) is 30.8 Å². The van der Waals surface area contributed by atoms with Crippen LogP contribution in [0.25, 0.3) is 33.1 Å². The number of aryl methyl sites for hydroxylation is 2. The Morgan fingerprint density at radius 3 is 2.36 bits per heavy atom. The van der Waals surface area contributed by atoms with Gasteiger partial charge in [-0.2, -0.15) is 28.2 Å². The van der Waals surface area contributed by atoms with Crippen LogP contribution in [0.15, 0.2) is 30.3 Å². The zero-order valence-electron chi connectivity index (χ0n) is 43.5. The van der Waals surface area contributed by atoms with Crippen molar-refractivity contribution < 1.29 is 51.3 Å². The summed E-state index contributed by atoms with van der Waals surface area (Å²) < 4.78 is 77.8. The number of carbonyl (C=O) groups is 3. The van der Waals surface area contributed by atoms with Crippen LogP contribution in [0.2, 0.25) is 5.02 Å². The maximum atomic E-state index is 16.5. The minimum atomic E-state index is -4.92. The molecule has 2 unspecified atom stereocenters. The van der Waals surface area contributed by atoms with Gasteiger partial charge in [0, 0.05) is 69.4 Å². The van der Waals surface area contributed by atoms with Crippen molar-refractivity contribution in [2.24, 2.45) is 18.9 Å². The summed E-state index contributed by atoms with van der Waals surface area (Å²) in [6.45, 7) is 7.67. The quantitative estimate of drug-likeness (QED) is 0.111. The number of ether oxygens (including phenoxy) is 3. The Hall–Kier alpha value is -6.06. The number of piperidine rings is 3. The second kappa shape index (κ2) is 22.6. The third kappa shape index (κ3) is 10.9. The molecular weight excluding hydrogens is 1040 g/mol. The molecule has 5 aromatic rings. The standard InChI is InChI=1S/C29H30ClF4N5O3.C26H35N5O4.CH4/c30-19-13-17(40)12-18(22(19)29(32,33)34)24-23(31)25-21-20(35-24)5-4-16-14-41-11-3-10-39(16)26(21)37-27(36-25)42-15-28-6-1-8-38(28)9-2-7-28;1-29-22-16-19(3-4-20(22)24(28-29)21-5-6-23(32)27-25(21)33)30-11-7-17(8-12-30)15-18-9-13-31(14-10-18)26(34)35-2;/h12-13,16,40H,1-11,14-15H2;3-4,16-18,21H,5-15H2,1-2H3,(H,27,32,33);1H4. The maximum absolute atomic E-state index is 16.5. The Balaban J connectivity index is 0.000000177. The minimum absolute atomic E-state index is 0. The number of hydrogen-bond donors (Lipinski definition) is 2. The number of aromatic nitrogens is 5. The van der Waals surface area contributed by atoms with Gasteiger partial charge in [-0.25, -0.2) is 14.2 Å². The molecule has 12 rings (SSSR count). The number of benzene rings is 2. The van der Waals surface area contributed by atoms with Crippen molar-refractivity contribution in [3.63, 3.8) is 0 Å². The molecule has 3 amide bonds. The Morgan fingerprint density at radius 1 is 0.923 bits per heavy atom. The molecule has 0 bridgehead atoms. The fourth-order valence-electron chi connectivity index (χ4n) is 13.3. The van der Waals surface area contributed by atoms with E-state index in [-0.39, 0.29) is 54.4 Å². The predicted octanol–water partition coefficient (Wildman–Crippen LogP) is 9.57. The van der Waals surface area contributed by atoms with Gasteiger partial charge < -0.3 is 34.0 Å². The topological polar surface area (TPSA) is 181 Å². The average molecular weight is 1110 g/mol. The van der Waals surface area contributed by atoms with Crippen LogP contribution in [0.4, 0.5) is 33.9 Å². The molecule has 6 saturated heterocycles. The number of rotatable bonds is 8. The van der Waals surface area contributed by atoms with Crippen LogP contribution in [0, 0.1) is 17.7 Å². The van der Waals surface area contributed by atoms with E-state index in [0.29, 0.717) is 74.9 Å². The van der Waals surface area contributed by atoms with Crippen molar-refractivity contribution in [2.75, 3.05) is 82.5 Å². The largest absolute Gasteiger partial charge is 0.508 e. The fourth-order valence-corrected chi connectivity index (χ4v) is 13.6. The van der Waals surface area contributed by atoms with Crippen molar-refractivity contribution in [3.05, 3.63) is 58.1 Å². The zero-order chi connectivity index (χ0) is 53.8. The molecule has 17 nitrogen and oxygen atoms in total.